The molecule has 1 heterocycles. The summed E-state index contributed by atoms with van der Waals surface area (Å²) < 4.78 is 1.11. The number of hydrogen-bond donors (Lipinski definition) is 1. The Morgan fingerprint density at radius 1 is 1.17 bits per heavy atom. The van der Waals surface area contributed by atoms with E-state index >= 15 is 0 Å². The zero-order chi connectivity index (χ0) is 12.8. The van der Waals surface area contributed by atoms with Gasteiger partial charge in [0.05, 0.1) is 0 Å². The molecule has 0 amide bonds. The van der Waals surface area contributed by atoms with Gasteiger partial charge in [-0.25, -0.2) is 0 Å². The van der Waals surface area contributed by atoms with E-state index in [2.05, 4.69) is 0 Å². The van der Waals surface area contributed by atoms with Crippen LogP contribution in [0.15, 0.2) is 40.7 Å². The maximum atomic E-state index is 11.7. The van der Waals surface area contributed by atoms with Crippen molar-refractivity contribution in [1.82, 2.24) is 0 Å². The van der Waals surface area contributed by atoms with Crippen LogP contribution < -0.4 is 0 Å². The molecular formula is C14H14O2S2. The fourth-order valence-electron chi connectivity index (χ4n) is 1.46. The standard InChI is InChI=1S/C14H14O2S2/c15-12-5-2-11(3-6-12)4-7-13(16)10-14-17-8-1-9-18-14/h2-7,10,15H,1,8-9H2. The number of aromatic hydroxyl groups is 1. The van der Waals surface area contributed by atoms with Crippen molar-refractivity contribution < 1.29 is 9.90 Å². The first-order valence-corrected chi connectivity index (χ1v) is 7.69. The Bertz CT molecular complexity index is 467. The molecule has 0 radical (unpaired) electrons. The summed E-state index contributed by atoms with van der Waals surface area (Å²) in [6, 6.07) is 6.76. The van der Waals surface area contributed by atoms with Crippen molar-refractivity contribution in [3.63, 3.8) is 0 Å². The predicted molar refractivity (Wildman–Crippen MR) is 79.8 cm³/mol. The minimum absolute atomic E-state index is 0.0139. The first kappa shape index (κ1) is 13.3. The Morgan fingerprint density at radius 2 is 1.83 bits per heavy atom. The molecule has 4 heteroatoms. The number of phenolic OH excluding ortho intramolecular Hbond substituents is 1. The summed E-state index contributed by atoms with van der Waals surface area (Å²) in [6.45, 7) is 0. The molecule has 1 fully saturated rings. The van der Waals surface area contributed by atoms with Crippen LogP contribution >= 0.6 is 23.5 Å². The zero-order valence-corrected chi connectivity index (χ0v) is 11.5. The number of rotatable bonds is 3. The molecule has 1 aliphatic rings. The summed E-state index contributed by atoms with van der Waals surface area (Å²) in [6.07, 6.45) is 6.24. The van der Waals surface area contributed by atoms with Gasteiger partial charge in [-0.1, -0.05) is 18.2 Å². The average molecular weight is 278 g/mol. The van der Waals surface area contributed by atoms with Crippen molar-refractivity contribution in [3.05, 3.63) is 46.2 Å². The van der Waals surface area contributed by atoms with Gasteiger partial charge < -0.3 is 5.11 Å². The number of hydrogen-bond acceptors (Lipinski definition) is 4. The van der Waals surface area contributed by atoms with E-state index in [1.165, 1.54) is 6.42 Å². The van der Waals surface area contributed by atoms with Crippen molar-refractivity contribution >= 4 is 35.4 Å². The van der Waals surface area contributed by atoms with E-state index in [1.807, 2.05) is 0 Å². The Hall–Kier alpha value is -1.13. The Kier molecular flexibility index (Phi) is 4.96. The first-order chi connectivity index (χ1) is 8.74. The Morgan fingerprint density at radius 3 is 2.50 bits per heavy atom. The van der Waals surface area contributed by atoms with Crippen LogP contribution in [0.5, 0.6) is 5.75 Å². The minimum atomic E-state index is 0.0139. The normalized spacial score (nSPS) is 15.9. The van der Waals surface area contributed by atoms with Gasteiger partial charge in [0, 0.05) is 10.3 Å². The lowest BCUT2D eigenvalue weighted by molar-refractivity contribution is -0.110. The summed E-state index contributed by atoms with van der Waals surface area (Å²) in [7, 11) is 0. The molecule has 1 aromatic carbocycles. The SMILES string of the molecule is O=C(C=Cc1ccc(O)cc1)C=C1SCCCS1. The first-order valence-electron chi connectivity index (χ1n) is 5.72. The predicted octanol–water partition coefficient (Wildman–Crippen LogP) is 3.69. The third kappa shape index (κ3) is 4.27. The van der Waals surface area contributed by atoms with Crippen LogP contribution in [0.1, 0.15) is 12.0 Å². The highest BCUT2D eigenvalue weighted by Gasteiger charge is 2.07. The fraction of sp³-hybridized carbons (Fsp3) is 0.214. The molecule has 2 rings (SSSR count). The van der Waals surface area contributed by atoms with Crippen molar-refractivity contribution in [2.24, 2.45) is 0 Å². The second-order valence-electron chi connectivity index (χ2n) is 3.84. The van der Waals surface area contributed by atoms with E-state index in [1.54, 1.807) is 66.0 Å². The molecule has 0 unspecified atom stereocenters. The highest BCUT2D eigenvalue weighted by atomic mass is 32.2. The zero-order valence-electron chi connectivity index (χ0n) is 9.83. The van der Waals surface area contributed by atoms with Gasteiger partial charge in [0.25, 0.3) is 0 Å². The average Bonchev–Trinajstić information content (AvgIpc) is 2.39. The van der Waals surface area contributed by atoms with Crippen LogP contribution in [0.2, 0.25) is 0 Å². The summed E-state index contributed by atoms with van der Waals surface area (Å²) >= 11 is 3.50. The second-order valence-corrected chi connectivity index (χ2v) is 6.37. The number of thioether (sulfide) groups is 2. The van der Waals surface area contributed by atoms with Gasteiger partial charge in [0.1, 0.15) is 5.75 Å². The molecule has 1 saturated heterocycles. The molecule has 94 valence electrons. The number of ketones is 1. The molecule has 0 aromatic heterocycles. The second kappa shape index (κ2) is 6.71. The lowest BCUT2D eigenvalue weighted by Gasteiger charge is -2.11. The largest absolute Gasteiger partial charge is 0.508 e. The van der Waals surface area contributed by atoms with Gasteiger partial charge in [0.2, 0.25) is 0 Å². The van der Waals surface area contributed by atoms with Crippen molar-refractivity contribution in [1.29, 1.82) is 0 Å². The lowest BCUT2D eigenvalue weighted by Crippen LogP contribution is -1.94. The fourth-order valence-corrected chi connectivity index (χ4v) is 3.85. The molecular weight excluding hydrogens is 264 g/mol. The van der Waals surface area contributed by atoms with Crippen LogP contribution in [0.4, 0.5) is 0 Å². The van der Waals surface area contributed by atoms with Gasteiger partial charge in [-0.05, 0) is 41.7 Å². The van der Waals surface area contributed by atoms with E-state index in [9.17, 15) is 4.79 Å². The highest BCUT2D eigenvalue weighted by Crippen LogP contribution is 2.34. The molecule has 0 saturated carbocycles. The van der Waals surface area contributed by atoms with Crippen LogP contribution in [0, 0.1) is 0 Å². The number of carbonyl (C=O) groups is 1. The number of phenols is 1. The van der Waals surface area contributed by atoms with E-state index in [0.29, 0.717) is 0 Å². The summed E-state index contributed by atoms with van der Waals surface area (Å²) in [5.74, 6) is 2.46. The van der Waals surface area contributed by atoms with E-state index in [-0.39, 0.29) is 11.5 Å². The monoisotopic (exact) mass is 278 g/mol. The van der Waals surface area contributed by atoms with Crippen molar-refractivity contribution in [3.8, 4) is 5.75 Å². The molecule has 0 aliphatic carbocycles. The lowest BCUT2D eigenvalue weighted by atomic mass is 10.2. The number of carbonyl (C=O) groups excluding carboxylic acids is 1. The highest BCUT2D eigenvalue weighted by molar-refractivity contribution is 8.22. The molecule has 0 bridgehead atoms. The molecule has 0 spiro atoms. The quantitative estimate of drug-likeness (QED) is 0.856. The molecule has 1 aliphatic heterocycles. The van der Waals surface area contributed by atoms with Gasteiger partial charge in [-0.15, -0.1) is 23.5 Å². The number of allylic oxidation sites excluding steroid dienone is 2. The minimum Gasteiger partial charge on any atom is -0.508 e. The van der Waals surface area contributed by atoms with E-state index < -0.39 is 0 Å². The van der Waals surface area contributed by atoms with Crippen LogP contribution in [-0.4, -0.2) is 22.4 Å². The summed E-state index contributed by atoms with van der Waals surface area (Å²) in [5.41, 5.74) is 0.906. The van der Waals surface area contributed by atoms with Gasteiger partial charge in [-0.2, -0.15) is 0 Å². The van der Waals surface area contributed by atoms with Gasteiger partial charge >= 0.3 is 0 Å². The Labute approximate surface area is 115 Å². The molecule has 0 atom stereocenters. The number of benzene rings is 1. The molecule has 1 aromatic rings. The van der Waals surface area contributed by atoms with Gasteiger partial charge in [0.15, 0.2) is 5.78 Å². The third-order valence-corrected chi connectivity index (χ3v) is 4.87. The summed E-state index contributed by atoms with van der Waals surface area (Å²) in [4.78, 5) is 11.7. The van der Waals surface area contributed by atoms with Crippen molar-refractivity contribution in [2.75, 3.05) is 11.5 Å². The molecule has 1 N–H and O–H groups in total. The topological polar surface area (TPSA) is 37.3 Å². The smallest absolute Gasteiger partial charge is 0.180 e. The van der Waals surface area contributed by atoms with Gasteiger partial charge in [-0.3, -0.25) is 4.79 Å². The summed E-state index contributed by atoms with van der Waals surface area (Å²) in [5, 5.41) is 9.14. The van der Waals surface area contributed by atoms with Crippen molar-refractivity contribution in [2.45, 2.75) is 6.42 Å². The van der Waals surface area contributed by atoms with Crippen LogP contribution in [-0.2, 0) is 4.79 Å². The van der Waals surface area contributed by atoms with Crippen LogP contribution in [0.3, 0.4) is 0 Å². The van der Waals surface area contributed by atoms with E-state index in [0.717, 1.165) is 21.3 Å². The molecule has 18 heavy (non-hydrogen) atoms. The maximum absolute atomic E-state index is 11.7. The van der Waals surface area contributed by atoms with Crippen LogP contribution in [0.25, 0.3) is 6.08 Å². The third-order valence-electron chi connectivity index (χ3n) is 2.37. The maximum Gasteiger partial charge on any atom is 0.180 e. The molecule has 2 nitrogen and oxygen atoms in total. The van der Waals surface area contributed by atoms with E-state index in [4.69, 9.17) is 5.11 Å². The Balaban J connectivity index is 1.96.